The molecule has 2 rings (SSSR count). The summed E-state index contributed by atoms with van der Waals surface area (Å²) in [5.41, 5.74) is 17.2. The van der Waals surface area contributed by atoms with E-state index in [0.29, 0.717) is 24.1 Å². The van der Waals surface area contributed by atoms with E-state index in [1.807, 2.05) is 0 Å². The van der Waals surface area contributed by atoms with Gasteiger partial charge in [-0.05, 0) is 54.1 Å². The summed E-state index contributed by atoms with van der Waals surface area (Å²) in [7, 11) is 0. The highest BCUT2D eigenvalue weighted by molar-refractivity contribution is 6.64. The highest BCUT2D eigenvalue weighted by atomic mass is 19.4. The number of amides is 2. The molecule has 0 heterocycles. The fourth-order valence-electron chi connectivity index (χ4n) is 4.31. The van der Waals surface area contributed by atoms with Crippen LogP contribution < -0.4 is 28.0 Å². The Hall–Kier alpha value is -3.33. The van der Waals surface area contributed by atoms with Gasteiger partial charge in [0, 0.05) is 39.0 Å². The molecule has 2 aromatic carbocycles. The molecule has 2 aromatic rings. The van der Waals surface area contributed by atoms with Gasteiger partial charge in [-0.1, -0.05) is 31.1 Å². The molecule has 0 unspecified atom stereocenters. The molecule has 0 saturated heterocycles. The molecule has 0 spiro atoms. The van der Waals surface area contributed by atoms with Gasteiger partial charge in [-0.25, -0.2) is 4.39 Å². The van der Waals surface area contributed by atoms with Gasteiger partial charge in [0.25, 0.3) is 0 Å². The summed E-state index contributed by atoms with van der Waals surface area (Å²) in [4.78, 5) is 40.2. The Balaban J connectivity index is 2.16. The number of carbonyl (C=O) groups excluding carboxylic acids is 3. The number of aryl methyl sites for hydroxylation is 1. The van der Waals surface area contributed by atoms with Crippen molar-refractivity contribution in [3.63, 3.8) is 0 Å². The van der Waals surface area contributed by atoms with Gasteiger partial charge in [0.2, 0.25) is 11.8 Å². The number of hydrogen-bond donors (Lipinski definition) is 5. The standard InChI is InChI=1S/C28H38BF4N5O4/c1-29(42)21-7-8-22(30)19(16-21)17-25(39)24(10-4-18-2-5-20(6-3-18)28(31,32)33)37-27(41)23(36)9-11-26(40)38(14-12-34)15-13-35/h2-3,5-8,16,23-24,42H,4,9-15,17,34-36H2,1H3,(H,37,41)/t23-,24+/m0/s1. The van der Waals surface area contributed by atoms with Crippen LogP contribution >= 0.6 is 0 Å². The zero-order valence-corrected chi connectivity index (χ0v) is 23.5. The number of nitrogens with one attached hydrogen (secondary N) is 1. The number of benzene rings is 2. The minimum atomic E-state index is -4.50. The van der Waals surface area contributed by atoms with E-state index in [0.717, 1.165) is 18.2 Å². The number of hydrogen-bond acceptors (Lipinski definition) is 7. The van der Waals surface area contributed by atoms with E-state index >= 15 is 0 Å². The van der Waals surface area contributed by atoms with Crippen molar-refractivity contribution in [2.75, 3.05) is 26.2 Å². The molecule has 42 heavy (non-hydrogen) atoms. The molecular weight excluding hydrogens is 557 g/mol. The molecule has 2 amide bonds. The molecule has 2 atom stereocenters. The van der Waals surface area contributed by atoms with Crippen molar-refractivity contribution in [2.45, 2.75) is 57.2 Å². The van der Waals surface area contributed by atoms with Gasteiger partial charge in [0.15, 0.2) is 5.78 Å². The topological polar surface area (TPSA) is 165 Å². The lowest BCUT2D eigenvalue weighted by Crippen LogP contribution is -2.49. The predicted octanol–water partition coefficient (Wildman–Crippen LogP) is 0.748. The van der Waals surface area contributed by atoms with Crippen LogP contribution in [0.2, 0.25) is 6.82 Å². The summed E-state index contributed by atoms with van der Waals surface area (Å²) in [6.45, 7) is 1.66. The molecule has 0 aliphatic rings. The third kappa shape index (κ3) is 10.8. The first-order valence-electron chi connectivity index (χ1n) is 13.7. The summed E-state index contributed by atoms with van der Waals surface area (Å²) in [5.74, 6) is -2.22. The van der Waals surface area contributed by atoms with Crippen molar-refractivity contribution in [3.8, 4) is 0 Å². The second-order valence-corrected chi connectivity index (χ2v) is 10.1. The Kier molecular flexibility index (Phi) is 13.6. The van der Waals surface area contributed by atoms with E-state index in [9.17, 15) is 37.0 Å². The Morgan fingerprint density at radius 2 is 1.64 bits per heavy atom. The van der Waals surface area contributed by atoms with Gasteiger partial charge in [-0.3, -0.25) is 14.4 Å². The van der Waals surface area contributed by atoms with Crippen LogP contribution in [0.4, 0.5) is 17.6 Å². The van der Waals surface area contributed by atoms with Gasteiger partial charge in [0.1, 0.15) is 5.82 Å². The van der Waals surface area contributed by atoms with Crippen LogP contribution in [-0.2, 0) is 33.4 Å². The normalized spacial score (nSPS) is 12.9. The average molecular weight is 595 g/mol. The van der Waals surface area contributed by atoms with E-state index in [2.05, 4.69) is 5.32 Å². The van der Waals surface area contributed by atoms with Crippen molar-refractivity contribution in [2.24, 2.45) is 17.2 Å². The smallest absolute Gasteiger partial charge is 0.416 e. The number of ketones is 1. The van der Waals surface area contributed by atoms with Crippen LogP contribution in [0.25, 0.3) is 0 Å². The first-order valence-corrected chi connectivity index (χ1v) is 13.7. The van der Waals surface area contributed by atoms with Crippen molar-refractivity contribution in [3.05, 3.63) is 65.0 Å². The number of alkyl halides is 3. The fourth-order valence-corrected chi connectivity index (χ4v) is 4.31. The molecule has 0 fully saturated rings. The zero-order chi connectivity index (χ0) is 31.4. The third-order valence-corrected chi connectivity index (χ3v) is 6.78. The average Bonchev–Trinajstić information content (AvgIpc) is 2.94. The Bertz CT molecular complexity index is 1190. The molecular formula is C28H38BF4N5O4. The van der Waals surface area contributed by atoms with E-state index in [4.69, 9.17) is 17.2 Å². The second kappa shape index (κ2) is 16.3. The molecule has 0 aliphatic carbocycles. The Morgan fingerprint density at radius 3 is 2.19 bits per heavy atom. The lowest BCUT2D eigenvalue weighted by atomic mass is 9.64. The van der Waals surface area contributed by atoms with Crippen LogP contribution in [0.5, 0.6) is 0 Å². The molecule has 0 radical (unpaired) electrons. The number of nitrogens with two attached hydrogens (primary N) is 3. The number of rotatable bonds is 16. The highest BCUT2D eigenvalue weighted by Crippen LogP contribution is 2.29. The number of Topliss-reactive ketones (excluding diaryl/α,β-unsaturated/α-hetero) is 1. The number of halogens is 4. The third-order valence-electron chi connectivity index (χ3n) is 6.78. The van der Waals surface area contributed by atoms with E-state index < -0.39 is 54.7 Å². The Morgan fingerprint density at radius 1 is 1.02 bits per heavy atom. The lowest BCUT2D eigenvalue weighted by Gasteiger charge is -2.23. The molecule has 9 nitrogen and oxygen atoms in total. The van der Waals surface area contributed by atoms with Crippen LogP contribution in [0.15, 0.2) is 42.5 Å². The summed E-state index contributed by atoms with van der Waals surface area (Å²) in [6.07, 6.45) is -4.87. The monoisotopic (exact) mass is 595 g/mol. The van der Waals surface area contributed by atoms with Crippen molar-refractivity contribution in [1.82, 2.24) is 10.2 Å². The maximum atomic E-state index is 14.5. The minimum Gasteiger partial charge on any atom is -0.447 e. The molecule has 0 aromatic heterocycles. The molecule has 0 bridgehead atoms. The Labute approximate surface area is 242 Å². The van der Waals surface area contributed by atoms with Crippen LogP contribution in [0.3, 0.4) is 0 Å². The molecule has 0 saturated carbocycles. The summed E-state index contributed by atoms with van der Waals surface area (Å²) in [6, 6.07) is 5.99. The molecule has 14 heteroatoms. The van der Waals surface area contributed by atoms with E-state index in [1.165, 1.54) is 36.0 Å². The van der Waals surface area contributed by atoms with Gasteiger partial charge in [0.05, 0.1) is 17.6 Å². The lowest BCUT2D eigenvalue weighted by molar-refractivity contribution is -0.137. The van der Waals surface area contributed by atoms with Gasteiger partial charge >= 0.3 is 13.1 Å². The molecule has 0 aliphatic heterocycles. The minimum absolute atomic E-state index is 0.0000781. The summed E-state index contributed by atoms with van der Waals surface area (Å²) in [5, 5.41) is 12.4. The van der Waals surface area contributed by atoms with Crippen molar-refractivity contribution in [1.29, 1.82) is 0 Å². The largest absolute Gasteiger partial charge is 0.447 e. The number of nitrogens with zero attached hydrogens (tertiary/aromatic N) is 1. The van der Waals surface area contributed by atoms with E-state index in [1.54, 1.807) is 0 Å². The van der Waals surface area contributed by atoms with Gasteiger partial charge < -0.3 is 32.4 Å². The van der Waals surface area contributed by atoms with Gasteiger partial charge in [-0.2, -0.15) is 13.2 Å². The second-order valence-electron chi connectivity index (χ2n) is 10.1. The van der Waals surface area contributed by atoms with Gasteiger partial charge in [-0.15, -0.1) is 0 Å². The SMILES string of the molecule is CB(O)c1ccc(F)c(CC(=O)[C@@H](CCc2ccc(C(F)(F)F)cc2)NC(=O)[C@@H](N)CCC(=O)N(CCN)CCN)c1. The molecule has 8 N–H and O–H groups in total. The van der Waals surface area contributed by atoms with Crippen LogP contribution in [0, 0.1) is 5.82 Å². The van der Waals surface area contributed by atoms with Crippen LogP contribution in [0.1, 0.15) is 36.0 Å². The maximum Gasteiger partial charge on any atom is 0.416 e. The van der Waals surface area contributed by atoms with Crippen LogP contribution in [-0.4, -0.2) is 72.7 Å². The maximum absolute atomic E-state index is 14.5. The highest BCUT2D eigenvalue weighted by Gasteiger charge is 2.30. The summed E-state index contributed by atoms with van der Waals surface area (Å²) < 4.78 is 53.3. The fraction of sp³-hybridized carbons (Fsp3) is 0.464. The zero-order valence-electron chi connectivity index (χ0n) is 23.5. The van der Waals surface area contributed by atoms with E-state index in [-0.39, 0.29) is 50.2 Å². The first kappa shape index (κ1) is 34.9. The number of carbonyl (C=O) groups is 3. The first-order chi connectivity index (χ1) is 19.8. The predicted molar refractivity (Wildman–Crippen MR) is 152 cm³/mol. The summed E-state index contributed by atoms with van der Waals surface area (Å²) >= 11 is 0. The van der Waals surface area contributed by atoms with Crippen molar-refractivity contribution >= 4 is 30.0 Å². The van der Waals surface area contributed by atoms with Crippen molar-refractivity contribution < 1.29 is 37.0 Å². The quantitative estimate of drug-likeness (QED) is 0.141. The molecule has 230 valence electrons.